The topological polar surface area (TPSA) is 67.4 Å². The highest BCUT2D eigenvalue weighted by atomic mass is 35.5. The predicted octanol–water partition coefficient (Wildman–Crippen LogP) is 2.39. The summed E-state index contributed by atoms with van der Waals surface area (Å²) in [6, 6.07) is 3.10. The third kappa shape index (κ3) is 5.14. The highest BCUT2D eigenvalue weighted by Gasteiger charge is 2.24. The maximum atomic E-state index is 12.5. The van der Waals surface area contributed by atoms with Crippen LogP contribution in [0.4, 0.5) is 0 Å². The third-order valence-corrected chi connectivity index (χ3v) is 4.37. The number of halogens is 1. The Labute approximate surface area is 132 Å². The molecule has 0 aliphatic carbocycles. The van der Waals surface area contributed by atoms with Crippen molar-refractivity contribution < 1.29 is 13.2 Å². The molecule has 0 fully saturated rings. The second-order valence-electron chi connectivity index (χ2n) is 6.01. The summed E-state index contributed by atoms with van der Waals surface area (Å²) in [4.78, 5) is 0.0620. The van der Waals surface area contributed by atoms with Crippen LogP contribution in [0, 0.1) is 5.41 Å². The molecule has 2 N–H and O–H groups in total. The molecular weight excluding hydrogens is 312 g/mol. The lowest BCUT2D eigenvalue weighted by molar-refractivity contribution is 0.392. The van der Waals surface area contributed by atoms with Gasteiger partial charge < -0.3 is 10.1 Å². The molecule has 0 bridgehead atoms. The van der Waals surface area contributed by atoms with Gasteiger partial charge in [0.15, 0.2) is 0 Å². The van der Waals surface area contributed by atoms with Crippen molar-refractivity contribution in [1.29, 1.82) is 0 Å². The lowest BCUT2D eigenvalue weighted by Crippen LogP contribution is -2.32. The molecule has 21 heavy (non-hydrogen) atoms. The summed E-state index contributed by atoms with van der Waals surface area (Å²) in [6.45, 7) is 6.66. The first-order valence-corrected chi connectivity index (χ1v) is 8.47. The standard InChI is InChI=1S/C14H23ClN2O3S/c1-14(2,3)9-17-21(18,19)12-7-11(15)6-10(8-16-4)13(12)20-5/h6-7,16-17H,8-9H2,1-5H3. The molecule has 1 aromatic rings. The zero-order chi connectivity index (χ0) is 16.3. The van der Waals surface area contributed by atoms with E-state index in [-0.39, 0.29) is 10.3 Å². The molecule has 0 aliphatic rings. The van der Waals surface area contributed by atoms with E-state index in [2.05, 4.69) is 10.0 Å². The highest BCUT2D eigenvalue weighted by Crippen LogP contribution is 2.32. The van der Waals surface area contributed by atoms with Gasteiger partial charge in [-0.25, -0.2) is 13.1 Å². The molecule has 0 saturated heterocycles. The molecule has 1 aromatic carbocycles. The highest BCUT2D eigenvalue weighted by molar-refractivity contribution is 7.89. The maximum absolute atomic E-state index is 12.5. The Hall–Kier alpha value is -0.820. The second-order valence-corrected chi connectivity index (χ2v) is 8.18. The Morgan fingerprint density at radius 2 is 1.90 bits per heavy atom. The second kappa shape index (κ2) is 6.96. The van der Waals surface area contributed by atoms with Gasteiger partial charge in [-0.2, -0.15) is 0 Å². The van der Waals surface area contributed by atoms with E-state index >= 15 is 0 Å². The first-order valence-electron chi connectivity index (χ1n) is 6.61. The molecule has 0 atom stereocenters. The molecule has 0 spiro atoms. The molecule has 5 nitrogen and oxygen atoms in total. The molecule has 1 rings (SSSR count). The third-order valence-electron chi connectivity index (χ3n) is 2.75. The van der Waals surface area contributed by atoms with Gasteiger partial charge in [-0.3, -0.25) is 0 Å². The number of ether oxygens (including phenoxy) is 1. The van der Waals surface area contributed by atoms with Crippen LogP contribution >= 0.6 is 11.6 Å². The molecule has 0 amide bonds. The molecule has 0 heterocycles. The number of methoxy groups -OCH3 is 1. The van der Waals surface area contributed by atoms with Gasteiger partial charge in [0.05, 0.1) is 7.11 Å². The fourth-order valence-electron chi connectivity index (χ4n) is 1.77. The van der Waals surface area contributed by atoms with Gasteiger partial charge >= 0.3 is 0 Å². The van der Waals surface area contributed by atoms with Crippen molar-refractivity contribution in [2.24, 2.45) is 5.41 Å². The fourth-order valence-corrected chi connectivity index (χ4v) is 3.59. The first kappa shape index (κ1) is 18.2. The minimum Gasteiger partial charge on any atom is -0.495 e. The lowest BCUT2D eigenvalue weighted by atomic mass is 9.98. The summed E-state index contributed by atoms with van der Waals surface area (Å²) in [6.07, 6.45) is 0. The quantitative estimate of drug-likeness (QED) is 0.838. The van der Waals surface area contributed by atoms with E-state index in [0.29, 0.717) is 29.4 Å². The summed E-state index contributed by atoms with van der Waals surface area (Å²) >= 11 is 6.04. The van der Waals surface area contributed by atoms with Crippen molar-refractivity contribution in [2.75, 3.05) is 20.7 Å². The Kier molecular flexibility index (Phi) is 6.04. The Bertz CT molecular complexity index is 595. The van der Waals surface area contributed by atoms with Crippen LogP contribution < -0.4 is 14.8 Å². The summed E-state index contributed by atoms with van der Waals surface area (Å²) in [7, 11) is -0.467. The Morgan fingerprint density at radius 1 is 1.29 bits per heavy atom. The molecule has 0 aromatic heterocycles. The van der Waals surface area contributed by atoms with Crippen molar-refractivity contribution in [3.8, 4) is 5.75 Å². The molecule has 0 aliphatic heterocycles. The van der Waals surface area contributed by atoms with Crippen LogP contribution in [0.15, 0.2) is 17.0 Å². The van der Waals surface area contributed by atoms with E-state index in [9.17, 15) is 8.42 Å². The van der Waals surface area contributed by atoms with Gasteiger partial charge in [0, 0.05) is 23.7 Å². The minimum absolute atomic E-state index is 0.0620. The maximum Gasteiger partial charge on any atom is 0.244 e. The van der Waals surface area contributed by atoms with E-state index in [1.807, 2.05) is 20.8 Å². The number of hydrogen-bond donors (Lipinski definition) is 2. The van der Waals surface area contributed by atoms with E-state index in [1.165, 1.54) is 13.2 Å². The van der Waals surface area contributed by atoms with Gasteiger partial charge in [-0.05, 0) is 24.6 Å². The predicted molar refractivity (Wildman–Crippen MR) is 85.4 cm³/mol. The van der Waals surface area contributed by atoms with Crippen LogP contribution in [0.1, 0.15) is 26.3 Å². The summed E-state index contributed by atoms with van der Waals surface area (Å²) in [5, 5.41) is 3.33. The summed E-state index contributed by atoms with van der Waals surface area (Å²) in [5.41, 5.74) is 0.538. The normalized spacial score (nSPS) is 12.5. The van der Waals surface area contributed by atoms with Crippen molar-refractivity contribution >= 4 is 21.6 Å². The SMILES string of the molecule is CNCc1cc(Cl)cc(S(=O)(=O)NCC(C)(C)C)c1OC. The molecular formula is C14H23ClN2O3S. The molecule has 7 heteroatoms. The van der Waals surface area contributed by atoms with Crippen LogP contribution in [0.25, 0.3) is 0 Å². The van der Waals surface area contributed by atoms with E-state index in [0.717, 1.165) is 0 Å². The van der Waals surface area contributed by atoms with E-state index < -0.39 is 10.0 Å². The average molecular weight is 335 g/mol. The number of rotatable bonds is 6. The molecule has 0 saturated carbocycles. The largest absolute Gasteiger partial charge is 0.495 e. The number of hydrogen-bond acceptors (Lipinski definition) is 4. The van der Waals surface area contributed by atoms with Crippen LogP contribution in [-0.4, -0.2) is 29.1 Å². The van der Waals surface area contributed by atoms with E-state index in [4.69, 9.17) is 16.3 Å². The Morgan fingerprint density at radius 3 is 2.38 bits per heavy atom. The summed E-state index contributed by atoms with van der Waals surface area (Å²) in [5.74, 6) is 0.315. The number of benzene rings is 1. The van der Waals surface area contributed by atoms with Crippen molar-refractivity contribution in [3.63, 3.8) is 0 Å². The van der Waals surface area contributed by atoms with Gasteiger partial charge in [0.25, 0.3) is 0 Å². The summed E-state index contributed by atoms with van der Waals surface area (Å²) < 4.78 is 32.9. The van der Waals surface area contributed by atoms with Crippen LogP contribution in [0.2, 0.25) is 5.02 Å². The average Bonchev–Trinajstić information content (AvgIpc) is 2.35. The fraction of sp³-hybridized carbons (Fsp3) is 0.571. The van der Waals surface area contributed by atoms with Crippen molar-refractivity contribution in [3.05, 3.63) is 22.7 Å². The Balaban J connectivity index is 3.27. The van der Waals surface area contributed by atoms with Gasteiger partial charge in [0.2, 0.25) is 10.0 Å². The van der Waals surface area contributed by atoms with Gasteiger partial charge in [-0.15, -0.1) is 0 Å². The minimum atomic E-state index is -3.69. The van der Waals surface area contributed by atoms with Crippen LogP contribution in [0.5, 0.6) is 5.75 Å². The first-order chi connectivity index (χ1) is 9.60. The molecule has 0 radical (unpaired) electrons. The van der Waals surface area contributed by atoms with Crippen molar-refractivity contribution in [2.45, 2.75) is 32.2 Å². The van der Waals surface area contributed by atoms with Gasteiger partial charge in [0.1, 0.15) is 10.6 Å². The van der Waals surface area contributed by atoms with Gasteiger partial charge in [-0.1, -0.05) is 32.4 Å². The lowest BCUT2D eigenvalue weighted by Gasteiger charge is -2.20. The smallest absolute Gasteiger partial charge is 0.244 e. The monoisotopic (exact) mass is 334 g/mol. The van der Waals surface area contributed by atoms with E-state index in [1.54, 1.807) is 13.1 Å². The zero-order valence-corrected chi connectivity index (χ0v) is 14.7. The van der Waals surface area contributed by atoms with Crippen LogP contribution in [-0.2, 0) is 16.6 Å². The van der Waals surface area contributed by atoms with Crippen molar-refractivity contribution in [1.82, 2.24) is 10.0 Å². The number of sulfonamides is 1. The molecule has 0 unspecified atom stereocenters. The molecule has 120 valence electrons. The number of nitrogens with one attached hydrogen (secondary N) is 2. The zero-order valence-electron chi connectivity index (χ0n) is 13.1. The van der Waals surface area contributed by atoms with Crippen LogP contribution in [0.3, 0.4) is 0 Å².